The molecule has 2 aliphatic carbocycles. The lowest BCUT2D eigenvalue weighted by Crippen LogP contribution is -2.44. The number of amides is 1. The van der Waals surface area contributed by atoms with Crippen LogP contribution in [0.1, 0.15) is 76.2 Å². The van der Waals surface area contributed by atoms with Crippen LogP contribution in [-0.2, 0) is 39.4 Å². The van der Waals surface area contributed by atoms with Gasteiger partial charge in [0.25, 0.3) is 5.56 Å². The van der Waals surface area contributed by atoms with Gasteiger partial charge in [-0.05, 0) is 71.2 Å². The number of ether oxygens (including phenoxy) is 2. The molecular formula is C39H32FN3O6. The highest BCUT2D eigenvalue weighted by Gasteiger charge is 2.46. The molecule has 0 saturated heterocycles. The second-order valence-corrected chi connectivity index (χ2v) is 13.4. The number of aliphatic hydroxyl groups is 1. The number of aryl methyl sites for hydroxylation is 1. The van der Waals surface area contributed by atoms with Crippen molar-refractivity contribution in [2.24, 2.45) is 0 Å². The van der Waals surface area contributed by atoms with Gasteiger partial charge in [0.05, 0.1) is 35.1 Å². The second-order valence-electron chi connectivity index (χ2n) is 13.4. The number of pyridine rings is 2. The maximum atomic E-state index is 15.3. The number of alkyl carbamates (subject to hydrolysis) is 1. The molecule has 49 heavy (non-hydrogen) atoms. The SMILES string of the molecule is CC[C@@]1(O)C(=O)OCc2c1cc1n(c2=O)Cc2c-1nc1cc(F)c(C)c3c1c2[C@@H](NC(=O)OCC1c2ccccc2-c2ccccc21)CC3. The van der Waals surface area contributed by atoms with Crippen LogP contribution in [0.25, 0.3) is 33.4 Å². The van der Waals surface area contributed by atoms with E-state index in [0.717, 1.165) is 44.3 Å². The lowest BCUT2D eigenvalue weighted by Gasteiger charge is -2.31. The quantitative estimate of drug-likeness (QED) is 0.222. The summed E-state index contributed by atoms with van der Waals surface area (Å²) in [6.07, 6.45) is 0.462. The molecule has 0 unspecified atom stereocenters. The highest BCUT2D eigenvalue weighted by atomic mass is 19.1. The molecular weight excluding hydrogens is 625 g/mol. The van der Waals surface area contributed by atoms with Gasteiger partial charge in [0.15, 0.2) is 5.60 Å². The lowest BCUT2D eigenvalue weighted by molar-refractivity contribution is -0.172. The van der Waals surface area contributed by atoms with Gasteiger partial charge in [-0.25, -0.2) is 19.0 Å². The minimum Gasteiger partial charge on any atom is -0.458 e. The largest absolute Gasteiger partial charge is 0.458 e. The topological polar surface area (TPSA) is 120 Å². The number of aromatic nitrogens is 2. The smallest absolute Gasteiger partial charge is 0.407 e. The maximum Gasteiger partial charge on any atom is 0.407 e. The van der Waals surface area contributed by atoms with Crippen molar-refractivity contribution in [3.63, 3.8) is 0 Å². The molecule has 4 heterocycles. The molecule has 4 aliphatic rings. The third-order valence-corrected chi connectivity index (χ3v) is 11.0. The Labute approximate surface area is 280 Å². The first-order chi connectivity index (χ1) is 23.7. The van der Waals surface area contributed by atoms with Gasteiger partial charge in [-0.1, -0.05) is 55.5 Å². The Hall–Kier alpha value is -5.35. The van der Waals surface area contributed by atoms with Crippen LogP contribution in [0.5, 0.6) is 0 Å². The van der Waals surface area contributed by atoms with Gasteiger partial charge in [0, 0.05) is 28.5 Å². The molecule has 246 valence electrons. The van der Waals surface area contributed by atoms with Crippen LogP contribution in [0.15, 0.2) is 65.5 Å². The molecule has 0 radical (unpaired) electrons. The fourth-order valence-electron chi connectivity index (χ4n) is 8.48. The highest BCUT2D eigenvalue weighted by Crippen LogP contribution is 2.47. The summed E-state index contributed by atoms with van der Waals surface area (Å²) in [5, 5.41) is 15.2. The van der Waals surface area contributed by atoms with E-state index in [2.05, 4.69) is 29.6 Å². The van der Waals surface area contributed by atoms with Crippen molar-refractivity contribution in [3.05, 3.63) is 121 Å². The third-order valence-electron chi connectivity index (χ3n) is 11.0. The van der Waals surface area contributed by atoms with Gasteiger partial charge >= 0.3 is 12.1 Å². The highest BCUT2D eigenvalue weighted by molar-refractivity contribution is 5.93. The number of carbonyl (C=O) groups excluding carboxylic acids is 2. The average molecular weight is 658 g/mol. The monoisotopic (exact) mass is 657 g/mol. The number of rotatable bonds is 4. The summed E-state index contributed by atoms with van der Waals surface area (Å²) in [5.74, 6) is -1.29. The van der Waals surface area contributed by atoms with Crippen LogP contribution in [-0.4, -0.2) is 33.3 Å². The second kappa shape index (κ2) is 10.6. The summed E-state index contributed by atoms with van der Waals surface area (Å²) in [7, 11) is 0. The van der Waals surface area contributed by atoms with Crippen LogP contribution >= 0.6 is 0 Å². The zero-order valence-electron chi connectivity index (χ0n) is 26.9. The normalized spacial score (nSPS) is 19.8. The zero-order chi connectivity index (χ0) is 33.8. The number of hydrogen-bond acceptors (Lipinski definition) is 7. The van der Waals surface area contributed by atoms with E-state index in [1.165, 1.54) is 6.07 Å². The van der Waals surface area contributed by atoms with E-state index < -0.39 is 23.7 Å². The van der Waals surface area contributed by atoms with E-state index in [1.807, 2.05) is 24.3 Å². The van der Waals surface area contributed by atoms with Gasteiger partial charge in [-0.3, -0.25) is 4.79 Å². The van der Waals surface area contributed by atoms with Crippen molar-refractivity contribution < 1.29 is 28.6 Å². The van der Waals surface area contributed by atoms with Gasteiger partial charge in [0.1, 0.15) is 19.0 Å². The Morgan fingerprint density at radius 3 is 2.51 bits per heavy atom. The van der Waals surface area contributed by atoms with Crippen molar-refractivity contribution in [3.8, 4) is 22.5 Å². The first kappa shape index (κ1) is 29.8. The number of esters is 1. The molecule has 2 atom stereocenters. The number of carbonyl (C=O) groups is 2. The maximum absolute atomic E-state index is 15.3. The molecule has 0 bridgehead atoms. The van der Waals surface area contributed by atoms with E-state index in [0.29, 0.717) is 35.3 Å². The summed E-state index contributed by atoms with van der Waals surface area (Å²) >= 11 is 0. The van der Waals surface area contributed by atoms with Crippen LogP contribution < -0.4 is 10.9 Å². The molecule has 5 aromatic rings. The number of fused-ring (bicyclic) bond motifs is 8. The molecule has 3 aromatic carbocycles. The first-order valence-electron chi connectivity index (χ1n) is 16.6. The van der Waals surface area contributed by atoms with Crippen LogP contribution in [0, 0.1) is 12.7 Å². The number of nitrogens with one attached hydrogen (secondary N) is 1. The number of hydrogen-bond donors (Lipinski definition) is 2. The van der Waals surface area contributed by atoms with E-state index in [1.54, 1.807) is 24.5 Å². The molecule has 9 nitrogen and oxygen atoms in total. The fourth-order valence-corrected chi connectivity index (χ4v) is 8.48. The van der Waals surface area contributed by atoms with Gasteiger partial charge in [-0.15, -0.1) is 0 Å². The van der Waals surface area contributed by atoms with Gasteiger partial charge < -0.3 is 24.5 Å². The molecule has 10 heteroatoms. The molecule has 0 saturated carbocycles. The van der Waals surface area contributed by atoms with Crippen molar-refractivity contribution in [1.29, 1.82) is 0 Å². The Bertz CT molecular complexity index is 2320. The molecule has 2 N–H and O–H groups in total. The molecule has 2 aromatic heterocycles. The van der Waals surface area contributed by atoms with Gasteiger partial charge in [-0.2, -0.15) is 0 Å². The Balaban J connectivity index is 1.11. The third kappa shape index (κ3) is 4.13. The Kier molecular flexibility index (Phi) is 6.42. The van der Waals surface area contributed by atoms with E-state index in [-0.39, 0.29) is 54.6 Å². The molecule has 1 amide bonds. The summed E-state index contributed by atoms with van der Waals surface area (Å²) in [4.78, 5) is 45.0. The molecule has 0 fully saturated rings. The predicted octanol–water partition coefficient (Wildman–Crippen LogP) is 6.05. The number of cyclic esters (lactones) is 1. The van der Waals surface area contributed by atoms with Crippen LogP contribution in [0.3, 0.4) is 0 Å². The van der Waals surface area contributed by atoms with Crippen molar-refractivity contribution >= 4 is 23.0 Å². The molecule has 0 spiro atoms. The molecule has 2 aliphatic heterocycles. The van der Waals surface area contributed by atoms with Gasteiger partial charge in [0.2, 0.25) is 0 Å². The van der Waals surface area contributed by atoms with Crippen LogP contribution in [0.2, 0.25) is 0 Å². The Morgan fingerprint density at radius 1 is 1.08 bits per heavy atom. The number of nitrogens with zero attached hydrogens (tertiary/aromatic N) is 2. The minimum atomic E-state index is -1.97. The zero-order valence-corrected chi connectivity index (χ0v) is 26.9. The van der Waals surface area contributed by atoms with E-state index in [4.69, 9.17) is 14.5 Å². The number of benzene rings is 3. The first-order valence-corrected chi connectivity index (χ1v) is 16.6. The molecule has 9 rings (SSSR count). The standard InChI is InChI=1S/C39H32FN3O6/c1-3-39(47)28-14-32-35-25(16-43(32)36(44)27(28)18-48-37(39)45)34-30(13-12-20-19(2)29(40)15-31(41-35)33(20)34)42-38(46)49-17-26-23-10-6-4-8-21(23)22-9-5-7-11-24(22)26/h4-11,14-15,26,30,47H,3,12-13,16-18H2,1-2H3,(H,42,46)/t30-,39-/m0/s1. The van der Waals surface area contributed by atoms with Crippen LogP contribution in [0.4, 0.5) is 9.18 Å². The van der Waals surface area contributed by atoms with Crippen molar-refractivity contribution in [2.75, 3.05) is 6.61 Å². The summed E-state index contributed by atoms with van der Waals surface area (Å²) in [6.45, 7) is 3.47. The van der Waals surface area contributed by atoms with E-state index in [9.17, 15) is 19.5 Å². The fraction of sp³-hybridized carbons (Fsp3) is 0.282. The van der Waals surface area contributed by atoms with Crippen molar-refractivity contribution in [2.45, 2.75) is 63.8 Å². The van der Waals surface area contributed by atoms with E-state index >= 15 is 4.39 Å². The van der Waals surface area contributed by atoms with Crippen molar-refractivity contribution in [1.82, 2.24) is 14.9 Å². The Morgan fingerprint density at radius 2 is 1.80 bits per heavy atom. The summed E-state index contributed by atoms with van der Waals surface area (Å²) in [6, 6.07) is 18.8. The minimum absolute atomic E-state index is 0.0188. The predicted molar refractivity (Wildman–Crippen MR) is 178 cm³/mol. The number of halogens is 1. The average Bonchev–Trinajstić information content (AvgIpc) is 3.64. The summed E-state index contributed by atoms with van der Waals surface area (Å²) in [5.41, 5.74) is 6.71. The lowest BCUT2D eigenvalue weighted by atomic mass is 9.81. The summed E-state index contributed by atoms with van der Waals surface area (Å²) < 4.78 is 28.0.